The van der Waals surface area contributed by atoms with E-state index in [4.69, 9.17) is 25.8 Å². The molecule has 6 nitrogen and oxygen atoms in total. The number of ether oxygens (including phenoxy) is 1. The second-order valence-corrected chi connectivity index (χ2v) is 7.30. The molecule has 2 aliphatic heterocycles. The van der Waals surface area contributed by atoms with E-state index in [0.717, 1.165) is 19.0 Å². The molecule has 1 amide bonds. The van der Waals surface area contributed by atoms with Gasteiger partial charge in [-0.05, 0) is 18.2 Å². The number of hydrogen-bond donors (Lipinski definition) is 0. The standard InChI is InChI=1S/C17H16N2O4S2/c20-16-14(25-17(24)19(16)11-13-2-1-7-22-13)10-12-3-4-15(23-12)18-5-8-21-9-6-18/h1-4,7,10H,5-6,8-9,11H2/b14-10-. The fraction of sp³-hybridized carbons (Fsp3) is 0.294. The van der Waals surface area contributed by atoms with Crippen molar-refractivity contribution in [1.82, 2.24) is 4.90 Å². The van der Waals surface area contributed by atoms with Gasteiger partial charge < -0.3 is 18.5 Å². The Labute approximate surface area is 154 Å². The van der Waals surface area contributed by atoms with Gasteiger partial charge >= 0.3 is 0 Å². The zero-order valence-electron chi connectivity index (χ0n) is 13.3. The fourth-order valence-corrected chi connectivity index (χ4v) is 3.93. The normalized spacial score (nSPS) is 20.1. The smallest absolute Gasteiger partial charge is 0.266 e. The molecule has 4 heterocycles. The third-order valence-corrected chi connectivity index (χ3v) is 5.35. The van der Waals surface area contributed by atoms with Crippen LogP contribution < -0.4 is 4.90 Å². The summed E-state index contributed by atoms with van der Waals surface area (Å²) in [6, 6.07) is 7.40. The average molecular weight is 376 g/mol. The van der Waals surface area contributed by atoms with Crippen molar-refractivity contribution in [3.8, 4) is 0 Å². The van der Waals surface area contributed by atoms with Gasteiger partial charge in [0, 0.05) is 25.2 Å². The number of furan rings is 2. The van der Waals surface area contributed by atoms with Crippen molar-refractivity contribution >= 4 is 46.2 Å². The Morgan fingerprint density at radius 2 is 2.08 bits per heavy atom. The first-order valence-corrected chi connectivity index (χ1v) is 9.13. The molecule has 2 aromatic rings. The van der Waals surface area contributed by atoms with Gasteiger partial charge in [0.05, 0.1) is 30.9 Å². The number of hydrogen-bond acceptors (Lipinski definition) is 7. The van der Waals surface area contributed by atoms with Crippen LogP contribution in [0.15, 0.2) is 44.3 Å². The summed E-state index contributed by atoms with van der Waals surface area (Å²) in [6.45, 7) is 3.34. The van der Waals surface area contributed by atoms with Crippen LogP contribution in [-0.4, -0.2) is 41.4 Å². The van der Waals surface area contributed by atoms with Crippen LogP contribution in [0.2, 0.25) is 0 Å². The van der Waals surface area contributed by atoms with Crippen LogP contribution in [0.25, 0.3) is 6.08 Å². The van der Waals surface area contributed by atoms with Crippen LogP contribution in [0.5, 0.6) is 0 Å². The minimum absolute atomic E-state index is 0.129. The van der Waals surface area contributed by atoms with Crippen molar-refractivity contribution in [2.75, 3.05) is 31.2 Å². The van der Waals surface area contributed by atoms with E-state index in [2.05, 4.69) is 4.90 Å². The number of rotatable bonds is 4. The topological polar surface area (TPSA) is 59.1 Å². The highest BCUT2D eigenvalue weighted by Crippen LogP contribution is 2.34. The number of morpholine rings is 1. The highest BCUT2D eigenvalue weighted by atomic mass is 32.2. The Morgan fingerprint density at radius 1 is 1.24 bits per heavy atom. The van der Waals surface area contributed by atoms with Crippen LogP contribution in [0.1, 0.15) is 11.5 Å². The molecule has 0 aliphatic carbocycles. The van der Waals surface area contributed by atoms with E-state index in [1.54, 1.807) is 18.4 Å². The van der Waals surface area contributed by atoms with Crippen LogP contribution in [0, 0.1) is 0 Å². The maximum absolute atomic E-state index is 12.6. The first-order valence-electron chi connectivity index (χ1n) is 7.91. The van der Waals surface area contributed by atoms with Gasteiger partial charge in [0.25, 0.3) is 5.91 Å². The lowest BCUT2D eigenvalue weighted by molar-refractivity contribution is -0.122. The van der Waals surface area contributed by atoms with E-state index in [9.17, 15) is 4.79 Å². The van der Waals surface area contributed by atoms with E-state index in [-0.39, 0.29) is 5.91 Å². The molecule has 130 valence electrons. The molecule has 0 radical (unpaired) electrons. The molecule has 0 spiro atoms. The zero-order valence-corrected chi connectivity index (χ0v) is 15.0. The molecule has 0 unspecified atom stereocenters. The predicted octanol–water partition coefficient (Wildman–Crippen LogP) is 3.11. The minimum atomic E-state index is -0.129. The van der Waals surface area contributed by atoms with Crippen molar-refractivity contribution in [2.24, 2.45) is 0 Å². The highest BCUT2D eigenvalue weighted by molar-refractivity contribution is 8.26. The molecule has 8 heteroatoms. The number of anilines is 1. The molecule has 2 saturated heterocycles. The largest absolute Gasteiger partial charge is 0.467 e. The number of carbonyl (C=O) groups is 1. The van der Waals surface area contributed by atoms with Gasteiger partial charge in [-0.1, -0.05) is 24.0 Å². The third-order valence-electron chi connectivity index (χ3n) is 3.98. The molecule has 0 aromatic carbocycles. The molecule has 2 aromatic heterocycles. The summed E-state index contributed by atoms with van der Waals surface area (Å²) in [4.78, 5) is 16.8. The zero-order chi connectivity index (χ0) is 17.2. The lowest BCUT2D eigenvalue weighted by Crippen LogP contribution is -2.35. The molecule has 0 saturated carbocycles. The van der Waals surface area contributed by atoms with Crippen molar-refractivity contribution in [3.63, 3.8) is 0 Å². The lowest BCUT2D eigenvalue weighted by atomic mass is 10.3. The van der Waals surface area contributed by atoms with Crippen molar-refractivity contribution in [3.05, 3.63) is 47.0 Å². The fourth-order valence-electron chi connectivity index (χ4n) is 2.70. The van der Waals surface area contributed by atoms with Crippen LogP contribution in [-0.2, 0) is 16.1 Å². The van der Waals surface area contributed by atoms with E-state index >= 15 is 0 Å². The van der Waals surface area contributed by atoms with E-state index in [1.165, 1.54) is 16.7 Å². The van der Waals surface area contributed by atoms with E-state index < -0.39 is 0 Å². The number of carbonyl (C=O) groups excluding carboxylic acids is 1. The number of nitrogens with zero attached hydrogens (tertiary/aromatic N) is 2. The van der Waals surface area contributed by atoms with Gasteiger partial charge in [0.15, 0.2) is 5.88 Å². The Balaban J connectivity index is 1.49. The number of thioether (sulfide) groups is 1. The van der Waals surface area contributed by atoms with E-state index in [1.807, 2.05) is 18.2 Å². The highest BCUT2D eigenvalue weighted by Gasteiger charge is 2.33. The van der Waals surface area contributed by atoms with Crippen molar-refractivity contribution in [2.45, 2.75) is 6.54 Å². The maximum Gasteiger partial charge on any atom is 0.266 e. The summed E-state index contributed by atoms with van der Waals surface area (Å²) in [5.41, 5.74) is 0. The quantitative estimate of drug-likeness (QED) is 0.600. The Kier molecular flexibility index (Phi) is 4.65. The van der Waals surface area contributed by atoms with Gasteiger partial charge in [-0.3, -0.25) is 9.69 Å². The first kappa shape index (κ1) is 16.4. The number of amides is 1. The predicted molar refractivity (Wildman–Crippen MR) is 99.2 cm³/mol. The molecule has 25 heavy (non-hydrogen) atoms. The summed E-state index contributed by atoms with van der Waals surface area (Å²) >= 11 is 6.60. The number of thiocarbonyl (C=S) groups is 1. The van der Waals surface area contributed by atoms with Crippen molar-refractivity contribution < 1.29 is 18.4 Å². The monoisotopic (exact) mass is 376 g/mol. The SMILES string of the molecule is O=C1/C(=C/c2ccc(N3CCOCC3)o2)SC(=S)N1Cc1ccco1. The van der Waals surface area contributed by atoms with Crippen molar-refractivity contribution in [1.29, 1.82) is 0 Å². The first-order chi connectivity index (χ1) is 12.2. The van der Waals surface area contributed by atoms with Crippen LogP contribution in [0.4, 0.5) is 5.88 Å². The Morgan fingerprint density at radius 3 is 2.84 bits per heavy atom. The Bertz CT molecular complexity index is 806. The summed E-state index contributed by atoms with van der Waals surface area (Å²) in [7, 11) is 0. The molecule has 0 N–H and O–H groups in total. The average Bonchev–Trinajstić information content (AvgIpc) is 3.35. The molecule has 0 atom stereocenters. The van der Waals surface area contributed by atoms with Gasteiger partial charge in [0.1, 0.15) is 15.8 Å². The van der Waals surface area contributed by atoms with Gasteiger partial charge in [-0.25, -0.2) is 0 Å². The van der Waals surface area contributed by atoms with Gasteiger partial charge in [-0.2, -0.15) is 0 Å². The van der Waals surface area contributed by atoms with Crippen LogP contribution >= 0.6 is 24.0 Å². The van der Waals surface area contributed by atoms with Gasteiger partial charge in [-0.15, -0.1) is 0 Å². The second kappa shape index (κ2) is 7.07. The maximum atomic E-state index is 12.6. The summed E-state index contributed by atoms with van der Waals surface area (Å²) in [6.07, 6.45) is 3.32. The molecule has 2 aliphatic rings. The summed E-state index contributed by atoms with van der Waals surface area (Å²) in [5.74, 6) is 2.00. The molecule has 0 bridgehead atoms. The molecular weight excluding hydrogens is 360 g/mol. The van der Waals surface area contributed by atoms with Crippen LogP contribution in [0.3, 0.4) is 0 Å². The Hall–Kier alpha value is -2.03. The minimum Gasteiger partial charge on any atom is -0.467 e. The summed E-state index contributed by atoms with van der Waals surface area (Å²) in [5, 5.41) is 0. The second-order valence-electron chi connectivity index (χ2n) is 5.62. The van der Waals surface area contributed by atoms with E-state index in [0.29, 0.717) is 40.5 Å². The third kappa shape index (κ3) is 3.51. The lowest BCUT2D eigenvalue weighted by Gasteiger charge is -2.26. The van der Waals surface area contributed by atoms with Gasteiger partial charge in [0.2, 0.25) is 0 Å². The summed E-state index contributed by atoms with van der Waals surface area (Å²) < 4.78 is 17.0. The molecule has 4 rings (SSSR count). The molecular formula is C17H16N2O4S2. The molecule has 2 fully saturated rings.